The van der Waals surface area contributed by atoms with Crippen molar-refractivity contribution in [2.75, 3.05) is 11.9 Å². The zero-order valence-corrected chi connectivity index (χ0v) is 20.9. The Morgan fingerprint density at radius 2 is 1.65 bits per heavy atom. The predicted molar refractivity (Wildman–Crippen MR) is 146 cm³/mol. The smallest absolute Gasteiger partial charge is 0.249 e. The van der Waals surface area contributed by atoms with Crippen LogP contribution >= 0.6 is 0 Å². The molecule has 2 N–H and O–H groups in total. The van der Waals surface area contributed by atoms with Crippen LogP contribution in [0.15, 0.2) is 90.0 Å². The average molecular weight is 496 g/mol. The normalized spacial score (nSPS) is 10.9. The molecule has 0 saturated carbocycles. The van der Waals surface area contributed by atoms with E-state index in [0.29, 0.717) is 36.0 Å². The molecule has 37 heavy (non-hydrogen) atoms. The first-order valence-electron chi connectivity index (χ1n) is 12.1. The molecule has 0 spiro atoms. The minimum Gasteiger partial charge on any atom is -0.490 e. The van der Waals surface area contributed by atoms with E-state index in [-0.39, 0.29) is 6.42 Å². The molecule has 4 aromatic rings. The van der Waals surface area contributed by atoms with Crippen molar-refractivity contribution in [3.8, 4) is 11.5 Å². The number of aryl methyl sites for hydroxylation is 1. The van der Waals surface area contributed by atoms with Crippen LogP contribution in [0.3, 0.4) is 0 Å². The van der Waals surface area contributed by atoms with Crippen LogP contribution in [0.5, 0.6) is 11.5 Å². The van der Waals surface area contributed by atoms with E-state index in [2.05, 4.69) is 34.0 Å². The van der Waals surface area contributed by atoms with Gasteiger partial charge >= 0.3 is 0 Å². The molecule has 0 unspecified atom stereocenters. The zero-order valence-electron chi connectivity index (χ0n) is 20.9. The number of fused-ring (bicyclic) bond motifs is 1. The Labute approximate surface area is 216 Å². The van der Waals surface area contributed by atoms with Crippen LogP contribution in [0.25, 0.3) is 10.8 Å². The lowest BCUT2D eigenvalue weighted by Crippen LogP contribution is -2.24. The Kier molecular flexibility index (Phi) is 8.49. The summed E-state index contributed by atoms with van der Waals surface area (Å²) in [5.41, 5.74) is 5.90. The Hall–Kier alpha value is -4.65. The second-order valence-electron chi connectivity index (χ2n) is 8.45. The number of carbonyl (C=O) groups is 2. The third-order valence-corrected chi connectivity index (χ3v) is 5.59. The third kappa shape index (κ3) is 7.18. The number of benzene rings is 4. The number of nitrogens with one attached hydrogen (secondary N) is 2. The molecule has 0 aliphatic rings. The van der Waals surface area contributed by atoms with Gasteiger partial charge in [0.2, 0.25) is 11.8 Å². The summed E-state index contributed by atoms with van der Waals surface area (Å²) in [5, 5.41) is 8.97. The summed E-state index contributed by atoms with van der Waals surface area (Å²) >= 11 is 0. The van der Waals surface area contributed by atoms with Gasteiger partial charge in [-0.15, -0.1) is 0 Å². The SMILES string of the molecule is CCOc1cc(C=NNC(=O)CC(=O)Nc2ccc(C)cc2)ccc1OCc1cccc2ccccc12. The molecule has 0 saturated heterocycles. The van der Waals surface area contributed by atoms with Crippen LogP contribution in [0, 0.1) is 6.92 Å². The van der Waals surface area contributed by atoms with Gasteiger partial charge in [0.05, 0.1) is 12.8 Å². The van der Waals surface area contributed by atoms with E-state index in [1.165, 1.54) is 6.21 Å². The molecule has 4 rings (SSSR count). The number of rotatable bonds is 10. The number of carbonyl (C=O) groups excluding carboxylic acids is 2. The monoisotopic (exact) mass is 495 g/mol. The summed E-state index contributed by atoms with van der Waals surface area (Å²) in [5.74, 6) is 0.267. The van der Waals surface area contributed by atoms with E-state index >= 15 is 0 Å². The van der Waals surface area contributed by atoms with E-state index in [0.717, 1.165) is 21.9 Å². The van der Waals surface area contributed by atoms with Crippen LogP contribution in [0.2, 0.25) is 0 Å². The summed E-state index contributed by atoms with van der Waals surface area (Å²) in [6.07, 6.45) is 1.16. The van der Waals surface area contributed by atoms with Gasteiger partial charge < -0.3 is 14.8 Å². The largest absolute Gasteiger partial charge is 0.490 e. The first-order chi connectivity index (χ1) is 18.0. The van der Waals surface area contributed by atoms with Gasteiger partial charge in [-0.05, 0) is 66.1 Å². The predicted octanol–water partition coefficient (Wildman–Crippen LogP) is 5.60. The topological polar surface area (TPSA) is 89.0 Å². The maximum absolute atomic E-state index is 12.1. The van der Waals surface area contributed by atoms with E-state index < -0.39 is 11.8 Å². The molecule has 0 aliphatic carbocycles. The van der Waals surface area contributed by atoms with Crippen LogP contribution in [0.4, 0.5) is 5.69 Å². The summed E-state index contributed by atoms with van der Waals surface area (Å²) in [6, 6.07) is 27.1. The van der Waals surface area contributed by atoms with Crippen molar-refractivity contribution >= 4 is 34.5 Å². The van der Waals surface area contributed by atoms with E-state index in [4.69, 9.17) is 9.47 Å². The van der Waals surface area contributed by atoms with Gasteiger partial charge in [0.25, 0.3) is 0 Å². The van der Waals surface area contributed by atoms with E-state index in [1.807, 2.05) is 62.4 Å². The van der Waals surface area contributed by atoms with Gasteiger partial charge in [0.1, 0.15) is 13.0 Å². The Morgan fingerprint density at radius 1 is 0.865 bits per heavy atom. The lowest BCUT2D eigenvalue weighted by atomic mass is 10.1. The Morgan fingerprint density at radius 3 is 2.46 bits per heavy atom. The highest BCUT2D eigenvalue weighted by Gasteiger charge is 2.10. The standard InChI is InChI=1S/C30H29N3O4/c1-3-36-28-17-22(19-31-33-30(35)18-29(34)32-25-14-11-21(2)12-15-25)13-16-27(28)37-20-24-9-6-8-23-7-4-5-10-26(23)24/h4-17,19H,3,18,20H2,1-2H3,(H,32,34)(H,33,35). The molecule has 0 aliphatic heterocycles. The lowest BCUT2D eigenvalue weighted by molar-refractivity contribution is -0.126. The fraction of sp³-hybridized carbons (Fsp3) is 0.167. The fourth-order valence-corrected chi connectivity index (χ4v) is 3.77. The molecule has 7 heteroatoms. The number of hydrazone groups is 1. The summed E-state index contributed by atoms with van der Waals surface area (Å²) < 4.78 is 11.9. The molecular formula is C30H29N3O4. The van der Waals surface area contributed by atoms with Gasteiger partial charge in [-0.2, -0.15) is 5.10 Å². The van der Waals surface area contributed by atoms with E-state index in [1.54, 1.807) is 18.2 Å². The number of hydrogen-bond donors (Lipinski definition) is 2. The van der Waals surface area contributed by atoms with Gasteiger partial charge in [-0.25, -0.2) is 5.43 Å². The van der Waals surface area contributed by atoms with Crippen molar-refractivity contribution in [1.29, 1.82) is 0 Å². The molecule has 0 aromatic heterocycles. The number of nitrogens with zero attached hydrogens (tertiary/aromatic N) is 1. The molecular weight excluding hydrogens is 466 g/mol. The van der Waals surface area contributed by atoms with Gasteiger partial charge in [-0.1, -0.05) is 60.2 Å². The Bertz CT molecular complexity index is 1410. The van der Waals surface area contributed by atoms with Gasteiger partial charge in [0.15, 0.2) is 11.5 Å². The average Bonchev–Trinajstić information content (AvgIpc) is 2.89. The molecule has 2 amide bonds. The molecule has 188 valence electrons. The minimum absolute atomic E-state index is 0.337. The lowest BCUT2D eigenvalue weighted by Gasteiger charge is -2.13. The minimum atomic E-state index is -0.513. The van der Waals surface area contributed by atoms with E-state index in [9.17, 15) is 9.59 Å². The van der Waals surface area contributed by atoms with Crippen LogP contribution in [-0.4, -0.2) is 24.6 Å². The van der Waals surface area contributed by atoms with Crippen molar-refractivity contribution in [1.82, 2.24) is 5.43 Å². The first kappa shape index (κ1) is 25.4. The zero-order chi connectivity index (χ0) is 26.0. The summed E-state index contributed by atoms with van der Waals surface area (Å²) in [6.45, 7) is 4.73. The number of amides is 2. The number of anilines is 1. The molecule has 0 radical (unpaired) electrons. The van der Waals surface area contributed by atoms with Crippen molar-refractivity contribution in [2.45, 2.75) is 26.9 Å². The fourth-order valence-electron chi connectivity index (χ4n) is 3.77. The third-order valence-electron chi connectivity index (χ3n) is 5.59. The van der Waals surface area contributed by atoms with Gasteiger partial charge in [-0.3, -0.25) is 9.59 Å². The molecule has 4 aromatic carbocycles. The quantitative estimate of drug-likeness (QED) is 0.170. The maximum atomic E-state index is 12.1. The van der Waals surface area contributed by atoms with Crippen LogP contribution in [0.1, 0.15) is 30.0 Å². The molecule has 7 nitrogen and oxygen atoms in total. The number of hydrogen-bond acceptors (Lipinski definition) is 5. The first-order valence-corrected chi connectivity index (χ1v) is 12.1. The maximum Gasteiger partial charge on any atom is 0.249 e. The molecule has 0 bridgehead atoms. The van der Waals surface area contributed by atoms with Crippen LogP contribution in [-0.2, 0) is 16.2 Å². The Balaban J connectivity index is 1.34. The summed E-state index contributed by atoms with van der Waals surface area (Å²) in [7, 11) is 0. The summed E-state index contributed by atoms with van der Waals surface area (Å²) in [4.78, 5) is 24.2. The van der Waals surface area contributed by atoms with Crippen molar-refractivity contribution in [3.63, 3.8) is 0 Å². The van der Waals surface area contributed by atoms with Crippen LogP contribution < -0.4 is 20.2 Å². The van der Waals surface area contributed by atoms with Gasteiger partial charge in [0, 0.05) is 5.69 Å². The second kappa shape index (κ2) is 12.4. The number of ether oxygens (including phenoxy) is 2. The van der Waals surface area contributed by atoms with Crippen molar-refractivity contribution in [2.24, 2.45) is 5.10 Å². The second-order valence-corrected chi connectivity index (χ2v) is 8.45. The van der Waals surface area contributed by atoms with Crippen molar-refractivity contribution < 1.29 is 19.1 Å². The molecule has 0 fully saturated rings. The highest BCUT2D eigenvalue weighted by molar-refractivity contribution is 6.03. The molecule has 0 heterocycles. The molecule has 0 atom stereocenters. The highest BCUT2D eigenvalue weighted by Crippen LogP contribution is 2.30. The highest BCUT2D eigenvalue weighted by atomic mass is 16.5. The van der Waals surface area contributed by atoms with Crippen molar-refractivity contribution in [3.05, 3.63) is 102 Å².